The minimum atomic E-state index is -0.846. The molecule has 5 aromatic rings. The van der Waals surface area contributed by atoms with E-state index in [1.54, 1.807) is 31.2 Å². The number of imidazole rings is 1. The van der Waals surface area contributed by atoms with Crippen molar-refractivity contribution in [2.75, 3.05) is 0 Å². The molecule has 0 aliphatic carbocycles. The molecular formula is C29H17ClN8O3. The molecule has 0 saturated carbocycles. The summed E-state index contributed by atoms with van der Waals surface area (Å²) >= 11 is 6.29. The van der Waals surface area contributed by atoms with Gasteiger partial charge in [-0.2, -0.15) is 20.3 Å². The summed E-state index contributed by atoms with van der Waals surface area (Å²) in [5.74, 6) is 0.204. The van der Waals surface area contributed by atoms with E-state index in [0.29, 0.717) is 21.9 Å². The Hall–Kier alpha value is -5.91. The number of para-hydroxylation sites is 2. The van der Waals surface area contributed by atoms with E-state index in [2.05, 4.69) is 20.1 Å². The van der Waals surface area contributed by atoms with Crippen LogP contribution in [0.3, 0.4) is 0 Å². The van der Waals surface area contributed by atoms with Crippen LogP contribution in [0.1, 0.15) is 29.4 Å². The Morgan fingerprint density at radius 2 is 1.73 bits per heavy atom. The molecule has 2 heterocycles. The number of non-ortho nitro benzene ring substituents is 1. The van der Waals surface area contributed by atoms with Gasteiger partial charge >= 0.3 is 0 Å². The number of nitro benzene ring substituents is 1. The number of pyridine rings is 1. The van der Waals surface area contributed by atoms with Crippen LogP contribution in [0.15, 0.2) is 87.7 Å². The molecule has 0 aliphatic heterocycles. The Balaban J connectivity index is 1.80. The van der Waals surface area contributed by atoms with E-state index in [-0.39, 0.29) is 39.5 Å². The van der Waals surface area contributed by atoms with Crippen molar-refractivity contribution in [3.63, 3.8) is 0 Å². The first-order chi connectivity index (χ1) is 19.8. The Kier molecular flexibility index (Phi) is 7.20. The molecule has 1 N–H and O–H groups in total. The molecule has 0 atom stereocenters. The van der Waals surface area contributed by atoms with Gasteiger partial charge in [-0.3, -0.25) is 14.9 Å². The van der Waals surface area contributed by atoms with Crippen molar-refractivity contribution >= 4 is 46.1 Å². The molecule has 12 heteroatoms. The van der Waals surface area contributed by atoms with E-state index in [1.165, 1.54) is 30.5 Å². The number of hydrogen-bond donors (Lipinski definition) is 1. The van der Waals surface area contributed by atoms with E-state index >= 15 is 0 Å². The number of aliphatic imine (C=N–C) groups is 1. The topological polar surface area (TPSA) is 166 Å². The molecule has 5 rings (SSSR count). The van der Waals surface area contributed by atoms with Crippen LogP contribution in [-0.4, -0.2) is 31.5 Å². The van der Waals surface area contributed by atoms with E-state index < -0.39 is 10.5 Å². The highest BCUT2D eigenvalue weighted by Crippen LogP contribution is 2.33. The van der Waals surface area contributed by atoms with Gasteiger partial charge in [0.1, 0.15) is 29.0 Å². The molecule has 0 amide bonds. The van der Waals surface area contributed by atoms with Gasteiger partial charge in [0.2, 0.25) is 0 Å². The molecule has 0 fully saturated rings. The highest BCUT2D eigenvalue weighted by Gasteiger charge is 2.24. The SMILES string of the molecule is C/C(=N\n1c(N=Cc2ccccc2Cl)c(C#N)c(-c2ccc([N+](=O)[O-])cc2)c(C#N)c1=O)c1nc2ccccc2[nH]1. The maximum Gasteiger partial charge on any atom is 0.291 e. The van der Waals surface area contributed by atoms with Crippen molar-refractivity contribution in [1.29, 1.82) is 10.5 Å². The molecule has 0 radical (unpaired) electrons. The van der Waals surface area contributed by atoms with Gasteiger partial charge < -0.3 is 4.98 Å². The third kappa shape index (κ3) is 5.08. The number of nitriles is 2. The molecular weight excluding hydrogens is 544 g/mol. The van der Waals surface area contributed by atoms with Gasteiger partial charge in [-0.1, -0.05) is 41.9 Å². The maximum absolute atomic E-state index is 13.8. The summed E-state index contributed by atoms with van der Waals surface area (Å²) < 4.78 is 0.877. The smallest absolute Gasteiger partial charge is 0.291 e. The number of aromatic amines is 1. The number of halogens is 1. The largest absolute Gasteiger partial charge is 0.337 e. The van der Waals surface area contributed by atoms with E-state index in [4.69, 9.17) is 11.6 Å². The molecule has 0 spiro atoms. The number of benzene rings is 3. The zero-order chi connectivity index (χ0) is 29.1. The first-order valence-corrected chi connectivity index (χ1v) is 12.4. The quantitative estimate of drug-likeness (QED) is 0.158. The van der Waals surface area contributed by atoms with Crippen LogP contribution in [0.5, 0.6) is 0 Å². The van der Waals surface area contributed by atoms with Crippen LogP contribution in [0.4, 0.5) is 11.5 Å². The first kappa shape index (κ1) is 26.7. The Labute approximate surface area is 237 Å². The number of fused-ring (bicyclic) bond motifs is 1. The summed E-state index contributed by atoms with van der Waals surface area (Å²) in [6, 6.07) is 23.3. The van der Waals surface area contributed by atoms with Crippen molar-refractivity contribution in [2.24, 2.45) is 10.1 Å². The molecule has 11 nitrogen and oxygen atoms in total. The van der Waals surface area contributed by atoms with Crippen LogP contribution in [-0.2, 0) is 0 Å². The molecule has 0 aliphatic rings. The van der Waals surface area contributed by atoms with E-state index in [9.17, 15) is 25.4 Å². The summed E-state index contributed by atoms with van der Waals surface area (Å²) in [5, 5.41) is 36.3. The predicted octanol–water partition coefficient (Wildman–Crippen LogP) is 5.72. The number of hydrogen-bond acceptors (Lipinski definition) is 8. The van der Waals surface area contributed by atoms with E-state index in [0.717, 1.165) is 10.2 Å². The third-order valence-electron chi connectivity index (χ3n) is 6.13. The van der Waals surface area contributed by atoms with Crippen molar-refractivity contribution < 1.29 is 4.92 Å². The fourth-order valence-corrected chi connectivity index (χ4v) is 4.33. The number of nitrogens with one attached hydrogen (secondary N) is 1. The average Bonchev–Trinajstić information content (AvgIpc) is 3.42. The Morgan fingerprint density at radius 1 is 1.05 bits per heavy atom. The molecule has 3 aromatic carbocycles. The predicted molar refractivity (Wildman–Crippen MR) is 155 cm³/mol. The van der Waals surface area contributed by atoms with Crippen LogP contribution in [0.2, 0.25) is 5.02 Å². The van der Waals surface area contributed by atoms with Crippen molar-refractivity contribution in [1.82, 2.24) is 14.6 Å². The second-order valence-corrected chi connectivity index (χ2v) is 9.07. The van der Waals surface area contributed by atoms with Gasteiger partial charge in [-0.05, 0) is 42.8 Å². The molecule has 2 aromatic heterocycles. The fraction of sp³-hybridized carbons (Fsp3) is 0.0345. The number of aromatic nitrogens is 3. The lowest BCUT2D eigenvalue weighted by Gasteiger charge is -2.13. The van der Waals surface area contributed by atoms with Crippen LogP contribution in [0, 0.1) is 32.8 Å². The molecule has 0 saturated heterocycles. The Morgan fingerprint density at radius 3 is 2.39 bits per heavy atom. The number of nitro groups is 1. The summed E-state index contributed by atoms with van der Waals surface area (Å²) in [7, 11) is 0. The molecule has 0 bridgehead atoms. The zero-order valence-electron chi connectivity index (χ0n) is 21.2. The summed E-state index contributed by atoms with van der Waals surface area (Å²) in [6.45, 7) is 1.62. The van der Waals surface area contributed by atoms with Gasteiger partial charge in [0.15, 0.2) is 11.6 Å². The minimum absolute atomic E-state index is 0.0194. The van der Waals surface area contributed by atoms with Gasteiger partial charge in [-0.25, -0.2) is 9.98 Å². The molecule has 198 valence electrons. The second kappa shape index (κ2) is 11.1. The first-order valence-electron chi connectivity index (χ1n) is 12.0. The van der Waals surface area contributed by atoms with Crippen LogP contribution < -0.4 is 5.56 Å². The third-order valence-corrected chi connectivity index (χ3v) is 6.48. The minimum Gasteiger partial charge on any atom is -0.337 e. The van der Waals surface area contributed by atoms with Gasteiger partial charge in [-0.15, -0.1) is 0 Å². The summed E-state index contributed by atoms with van der Waals surface area (Å²) in [6.07, 6.45) is 1.38. The monoisotopic (exact) mass is 560 g/mol. The lowest BCUT2D eigenvalue weighted by Crippen LogP contribution is -2.23. The van der Waals surface area contributed by atoms with Gasteiger partial charge in [0.25, 0.3) is 11.2 Å². The lowest BCUT2D eigenvalue weighted by molar-refractivity contribution is -0.384. The van der Waals surface area contributed by atoms with Crippen LogP contribution in [0.25, 0.3) is 22.2 Å². The average molecular weight is 561 g/mol. The van der Waals surface area contributed by atoms with E-state index in [1.807, 2.05) is 36.4 Å². The summed E-state index contributed by atoms with van der Waals surface area (Å²) in [4.78, 5) is 36.4. The molecule has 0 unspecified atom stereocenters. The number of H-pyrrole nitrogens is 1. The van der Waals surface area contributed by atoms with Crippen molar-refractivity contribution in [3.8, 4) is 23.3 Å². The lowest BCUT2D eigenvalue weighted by atomic mass is 9.96. The summed E-state index contributed by atoms with van der Waals surface area (Å²) in [5.41, 5.74) is 0.908. The highest BCUT2D eigenvalue weighted by atomic mass is 35.5. The normalized spacial score (nSPS) is 11.5. The fourth-order valence-electron chi connectivity index (χ4n) is 4.14. The van der Waals surface area contributed by atoms with Crippen molar-refractivity contribution in [3.05, 3.63) is 121 Å². The molecule has 41 heavy (non-hydrogen) atoms. The second-order valence-electron chi connectivity index (χ2n) is 8.66. The zero-order valence-corrected chi connectivity index (χ0v) is 22.0. The standard InChI is InChI=1S/C29H17ClN8O3/c1-17(27-34-24-8-4-5-9-25(24)35-27)36-37-28(33-16-19-6-2-3-7-23(19)30)21(14-31)26(22(15-32)29(37)39)18-10-12-20(13-11-18)38(40)41/h2-13,16H,1H3,(H,34,35)/b33-16?,36-17+. The number of nitrogens with zero attached hydrogens (tertiary/aromatic N) is 7. The van der Waals surface area contributed by atoms with Gasteiger partial charge in [0, 0.05) is 34.5 Å². The number of rotatable bonds is 6. The Bertz CT molecular complexity index is 2010. The van der Waals surface area contributed by atoms with Crippen molar-refractivity contribution in [2.45, 2.75) is 6.92 Å². The van der Waals surface area contributed by atoms with Crippen LogP contribution >= 0.6 is 11.6 Å². The maximum atomic E-state index is 13.8. The van der Waals surface area contributed by atoms with Gasteiger partial charge in [0.05, 0.1) is 16.0 Å². The highest BCUT2D eigenvalue weighted by molar-refractivity contribution is 6.33.